The van der Waals surface area contributed by atoms with Crippen molar-refractivity contribution in [3.63, 3.8) is 0 Å². The number of carbonyl (C=O) groups is 1. The van der Waals surface area contributed by atoms with E-state index in [1.807, 2.05) is 31.3 Å². The van der Waals surface area contributed by atoms with E-state index in [0.29, 0.717) is 13.2 Å². The summed E-state index contributed by atoms with van der Waals surface area (Å²) in [6.07, 6.45) is -0.577. The van der Waals surface area contributed by atoms with Crippen LogP contribution in [0.3, 0.4) is 0 Å². The van der Waals surface area contributed by atoms with Crippen molar-refractivity contribution in [2.45, 2.75) is 12.6 Å². The number of alkyl carbamates (subject to hydrolysis) is 1. The third-order valence-electron chi connectivity index (χ3n) is 2.51. The molecule has 92 valence electrons. The topological polar surface area (TPSA) is 59.6 Å². The molecule has 1 amide bonds. The third kappa shape index (κ3) is 3.10. The van der Waals surface area contributed by atoms with Crippen LogP contribution in [0.1, 0.15) is 5.56 Å². The monoisotopic (exact) mass is 236 g/mol. The van der Waals surface area contributed by atoms with Crippen molar-refractivity contribution in [3.8, 4) is 5.75 Å². The maximum absolute atomic E-state index is 10.8. The lowest BCUT2D eigenvalue weighted by atomic mass is 10.2. The summed E-state index contributed by atoms with van der Waals surface area (Å²) in [5.74, 6) is 0.824. The Morgan fingerprint density at radius 2 is 2.35 bits per heavy atom. The van der Waals surface area contributed by atoms with Crippen LogP contribution in [-0.2, 0) is 11.3 Å². The molecule has 1 aliphatic rings. The van der Waals surface area contributed by atoms with Gasteiger partial charge in [0.1, 0.15) is 12.4 Å². The molecule has 1 aliphatic heterocycles. The van der Waals surface area contributed by atoms with Gasteiger partial charge in [-0.3, -0.25) is 0 Å². The molecule has 2 rings (SSSR count). The van der Waals surface area contributed by atoms with Crippen LogP contribution in [0.5, 0.6) is 5.75 Å². The highest BCUT2D eigenvalue weighted by Gasteiger charge is 2.23. The van der Waals surface area contributed by atoms with Gasteiger partial charge in [0, 0.05) is 12.1 Å². The molecule has 0 aromatic heterocycles. The fourth-order valence-electron chi connectivity index (χ4n) is 1.69. The van der Waals surface area contributed by atoms with E-state index >= 15 is 0 Å². The molecule has 0 radical (unpaired) electrons. The average Bonchev–Trinajstić information content (AvgIpc) is 2.74. The van der Waals surface area contributed by atoms with Gasteiger partial charge in [0.2, 0.25) is 0 Å². The van der Waals surface area contributed by atoms with Crippen molar-refractivity contribution in [1.82, 2.24) is 10.6 Å². The predicted molar refractivity (Wildman–Crippen MR) is 63.0 cm³/mol. The fourth-order valence-corrected chi connectivity index (χ4v) is 1.69. The summed E-state index contributed by atoms with van der Waals surface area (Å²) in [5, 5.41) is 5.67. The van der Waals surface area contributed by atoms with Gasteiger partial charge in [-0.1, -0.05) is 18.2 Å². The van der Waals surface area contributed by atoms with E-state index in [-0.39, 0.29) is 12.2 Å². The summed E-state index contributed by atoms with van der Waals surface area (Å²) < 4.78 is 10.7. The van der Waals surface area contributed by atoms with E-state index < -0.39 is 0 Å². The molecule has 0 bridgehead atoms. The van der Waals surface area contributed by atoms with Crippen molar-refractivity contribution in [2.24, 2.45) is 0 Å². The number of carbonyl (C=O) groups excluding carboxylic acids is 1. The molecule has 0 spiro atoms. The summed E-state index contributed by atoms with van der Waals surface area (Å²) in [4.78, 5) is 10.8. The van der Waals surface area contributed by atoms with Crippen molar-refractivity contribution < 1.29 is 14.3 Å². The van der Waals surface area contributed by atoms with Crippen LogP contribution >= 0.6 is 0 Å². The number of rotatable bonds is 5. The molecule has 0 aliphatic carbocycles. The molecule has 1 atom stereocenters. The number of amides is 1. The molecule has 1 fully saturated rings. The van der Waals surface area contributed by atoms with Crippen molar-refractivity contribution >= 4 is 6.09 Å². The minimum atomic E-state index is -0.373. The van der Waals surface area contributed by atoms with Gasteiger partial charge >= 0.3 is 6.09 Å². The number of cyclic esters (lactones) is 1. The highest BCUT2D eigenvalue weighted by Crippen LogP contribution is 2.18. The minimum Gasteiger partial charge on any atom is -0.489 e. The lowest BCUT2D eigenvalue weighted by Gasteiger charge is -2.13. The number of benzene rings is 1. The predicted octanol–water partition coefficient (Wildman–Crippen LogP) is 0.893. The van der Waals surface area contributed by atoms with E-state index in [9.17, 15) is 4.79 Å². The highest BCUT2D eigenvalue weighted by molar-refractivity contribution is 5.69. The first-order valence-electron chi connectivity index (χ1n) is 5.59. The summed E-state index contributed by atoms with van der Waals surface area (Å²) >= 11 is 0. The van der Waals surface area contributed by atoms with Gasteiger partial charge in [0.25, 0.3) is 0 Å². The SMILES string of the molecule is CNCc1ccccc1OCC1CNC(=O)O1. The standard InChI is InChI=1S/C12H16N2O3/c1-13-6-9-4-2-3-5-11(9)16-8-10-7-14-12(15)17-10/h2-5,10,13H,6-8H2,1H3,(H,14,15). The Kier molecular flexibility index (Phi) is 3.82. The maximum Gasteiger partial charge on any atom is 0.407 e. The van der Waals surface area contributed by atoms with Crippen molar-refractivity contribution in [2.75, 3.05) is 20.2 Å². The molecular formula is C12H16N2O3. The number of para-hydroxylation sites is 1. The zero-order valence-corrected chi connectivity index (χ0v) is 9.73. The smallest absolute Gasteiger partial charge is 0.407 e. The lowest BCUT2D eigenvalue weighted by molar-refractivity contribution is 0.104. The molecule has 5 nitrogen and oxygen atoms in total. The third-order valence-corrected chi connectivity index (χ3v) is 2.51. The zero-order chi connectivity index (χ0) is 12.1. The van der Waals surface area contributed by atoms with Gasteiger partial charge < -0.3 is 20.1 Å². The van der Waals surface area contributed by atoms with Gasteiger partial charge in [0.15, 0.2) is 6.10 Å². The fraction of sp³-hybridized carbons (Fsp3) is 0.417. The first-order valence-corrected chi connectivity index (χ1v) is 5.59. The number of ether oxygens (including phenoxy) is 2. The molecule has 5 heteroatoms. The second-order valence-corrected chi connectivity index (χ2v) is 3.86. The number of hydrogen-bond donors (Lipinski definition) is 2. The Morgan fingerprint density at radius 1 is 1.53 bits per heavy atom. The quantitative estimate of drug-likeness (QED) is 0.797. The first-order chi connectivity index (χ1) is 8.29. The van der Waals surface area contributed by atoms with Gasteiger partial charge in [0.05, 0.1) is 6.54 Å². The van der Waals surface area contributed by atoms with E-state index in [4.69, 9.17) is 9.47 Å². The molecule has 17 heavy (non-hydrogen) atoms. The van der Waals surface area contributed by atoms with Gasteiger partial charge in [-0.2, -0.15) is 0 Å². The summed E-state index contributed by atoms with van der Waals surface area (Å²) in [6, 6.07) is 7.81. The molecule has 1 unspecified atom stereocenters. The van der Waals surface area contributed by atoms with E-state index in [0.717, 1.165) is 17.9 Å². The minimum absolute atomic E-state index is 0.204. The molecule has 0 saturated carbocycles. The first kappa shape index (κ1) is 11.7. The van der Waals surface area contributed by atoms with Gasteiger partial charge in [-0.05, 0) is 13.1 Å². The van der Waals surface area contributed by atoms with Gasteiger partial charge in [-0.15, -0.1) is 0 Å². The summed E-state index contributed by atoms with van der Waals surface area (Å²) in [7, 11) is 1.89. The summed E-state index contributed by atoms with van der Waals surface area (Å²) in [6.45, 7) is 1.63. The van der Waals surface area contributed by atoms with Crippen LogP contribution in [-0.4, -0.2) is 32.4 Å². The Morgan fingerprint density at radius 3 is 3.06 bits per heavy atom. The molecule has 1 heterocycles. The molecule has 1 aromatic carbocycles. The van der Waals surface area contributed by atoms with Crippen LogP contribution in [0.15, 0.2) is 24.3 Å². The second kappa shape index (κ2) is 5.54. The lowest BCUT2D eigenvalue weighted by Crippen LogP contribution is -2.22. The van der Waals surface area contributed by atoms with Crippen LogP contribution in [0, 0.1) is 0 Å². The normalized spacial score (nSPS) is 18.6. The Hall–Kier alpha value is -1.75. The van der Waals surface area contributed by atoms with Crippen LogP contribution in [0.25, 0.3) is 0 Å². The second-order valence-electron chi connectivity index (χ2n) is 3.86. The van der Waals surface area contributed by atoms with Crippen LogP contribution in [0.2, 0.25) is 0 Å². The average molecular weight is 236 g/mol. The highest BCUT2D eigenvalue weighted by atomic mass is 16.6. The van der Waals surface area contributed by atoms with Crippen molar-refractivity contribution in [3.05, 3.63) is 29.8 Å². The van der Waals surface area contributed by atoms with E-state index in [2.05, 4.69) is 10.6 Å². The van der Waals surface area contributed by atoms with E-state index in [1.165, 1.54) is 0 Å². The Labute approximate surface area is 100 Å². The van der Waals surface area contributed by atoms with Crippen LogP contribution < -0.4 is 15.4 Å². The number of hydrogen-bond acceptors (Lipinski definition) is 4. The van der Waals surface area contributed by atoms with Crippen molar-refractivity contribution in [1.29, 1.82) is 0 Å². The summed E-state index contributed by atoms with van der Waals surface area (Å²) in [5.41, 5.74) is 1.09. The van der Waals surface area contributed by atoms with E-state index in [1.54, 1.807) is 0 Å². The van der Waals surface area contributed by atoms with Gasteiger partial charge in [-0.25, -0.2) is 4.79 Å². The largest absolute Gasteiger partial charge is 0.489 e. The zero-order valence-electron chi connectivity index (χ0n) is 9.73. The number of nitrogens with one attached hydrogen (secondary N) is 2. The molecule has 1 aromatic rings. The Balaban J connectivity index is 1.91. The molecule has 1 saturated heterocycles. The maximum atomic E-state index is 10.8. The molecular weight excluding hydrogens is 220 g/mol. The van der Waals surface area contributed by atoms with Crippen LogP contribution in [0.4, 0.5) is 4.79 Å². The molecule has 2 N–H and O–H groups in total. The Bertz CT molecular complexity index is 395.